The van der Waals surface area contributed by atoms with Gasteiger partial charge in [0.05, 0.1) is 11.6 Å². The summed E-state index contributed by atoms with van der Waals surface area (Å²) >= 11 is 13.4. The summed E-state index contributed by atoms with van der Waals surface area (Å²) in [6.07, 6.45) is 1.72. The van der Waals surface area contributed by atoms with Crippen molar-refractivity contribution in [3.05, 3.63) is 62.4 Å². The van der Waals surface area contributed by atoms with Crippen molar-refractivity contribution in [1.82, 2.24) is 4.98 Å². The highest BCUT2D eigenvalue weighted by molar-refractivity contribution is 7.15. The number of hydrogen-bond acceptors (Lipinski definition) is 6. The highest BCUT2D eigenvalue weighted by Crippen LogP contribution is 2.29. The first kappa shape index (κ1) is 17.6. The fourth-order valence-corrected chi connectivity index (χ4v) is 3.15. The number of aromatic nitrogens is 1. The predicted octanol–water partition coefficient (Wildman–Crippen LogP) is 4.93. The minimum atomic E-state index is -1.12. The van der Waals surface area contributed by atoms with E-state index in [9.17, 15) is 4.79 Å². The average Bonchev–Trinajstić information content (AvgIpc) is 3.21. The van der Waals surface area contributed by atoms with Crippen molar-refractivity contribution in [2.75, 3.05) is 5.32 Å². The second kappa shape index (κ2) is 7.77. The summed E-state index contributed by atoms with van der Waals surface area (Å²) in [6, 6.07) is 8.22. The average molecular weight is 399 g/mol. The van der Waals surface area contributed by atoms with Gasteiger partial charge in [-0.1, -0.05) is 23.2 Å². The molecule has 0 atom stereocenters. The molecule has 25 heavy (non-hydrogen) atoms. The molecule has 0 radical (unpaired) electrons. The number of hydrogen-bond donors (Lipinski definition) is 2. The van der Waals surface area contributed by atoms with Gasteiger partial charge in [0.25, 0.3) is 0 Å². The molecule has 2 aromatic heterocycles. The quantitative estimate of drug-likeness (QED) is 0.586. The van der Waals surface area contributed by atoms with Gasteiger partial charge in [-0.05, 0) is 30.3 Å². The smallest absolute Gasteiger partial charge is 0.371 e. The number of halogens is 2. The van der Waals surface area contributed by atoms with Crippen LogP contribution in [0.15, 0.2) is 40.9 Å². The van der Waals surface area contributed by atoms with Crippen LogP contribution < -0.4 is 10.1 Å². The first-order valence-electron chi connectivity index (χ1n) is 7.09. The van der Waals surface area contributed by atoms with Crippen LogP contribution in [0, 0.1) is 0 Å². The molecule has 0 aliphatic heterocycles. The Hall–Kier alpha value is -2.22. The zero-order valence-corrected chi connectivity index (χ0v) is 15.0. The first-order chi connectivity index (χ1) is 12.0. The summed E-state index contributed by atoms with van der Waals surface area (Å²) in [5, 5.41) is 12.5. The largest absolute Gasteiger partial charge is 0.484 e. The molecule has 3 rings (SSSR count). The third-order valence-electron chi connectivity index (χ3n) is 3.17. The minimum absolute atomic E-state index is 0.0825. The normalized spacial score (nSPS) is 10.6. The molecule has 0 spiro atoms. The van der Waals surface area contributed by atoms with Crippen LogP contribution in [0.4, 0.5) is 5.69 Å². The molecule has 0 unspecified atom stereocenters. The number of anilines is 1. The second-order valence-corrected chi connectivity index (χ2v) is 7.04. The Morgan fingerprint density at radius 3 is 2.80 bits per heavy atom. The van der Waals surface area contributed by atoms with Crippen LogP contribution in [0.25, 0.3) is 0 Å². The topological polar surface area (TPSA) is 84.6 Å². The van der Waals surface area contributed by atoms with Crippen molar-refractivity contribution < 1.29 is 19.1 Å². The Bertz CT molecular complexity index is 894. The summed E-state index contributed by atoms with van der Waals surface area (Å²) < 4.78 is 11.2. The molecular weight excluding hydrogens is 387 g/mol. The highest BCUT2D eigenvalue weighted by Gasteiger charge is 2.10. The Morgan fingerprint density at radius 1 is 1.32 bits per heavy atom. The van der Waals surface area contributed by atoms with E-state index < -0.39 is 5.97 Å². The molecule has 6 nitrogen and oxygen atoms in total. The molecule has 0 saturated carbocycles. The van der Waals surface area contributed by atoms with Crippen molar-refractivity contribution in [2.24, 2.45) is 0 Å². The number of thiazole rings is 1. The summed E-state index contributed by atoms with van der Waals surface area (Å²) in [5.41, 5.74) is 0.827. The standard InChI is InChI=1S/C16H12Cl2N2O4S/c17-12-5-9(19-6-11-7-20-16(18)25-11)1-3-13(12)23-8-10-2-4-14(24-10)15(21)22/h1-5,7,19H,6,8H2,(H,21,22). The van der Waals surface area contributed by atoms with Crippen LogP contribution in [-0.2, 0) is 13.2 Å². The number of nitrogens with zero attached hydrogens (tertiary/aromatic N) is 1. The van der Waals surface area contributed by atoms with Gasteiger partial charge in [-0.2, -0.15) is 0 Å². The molecule has 130 valence electrons. The fraction of sp³-hybridized carbons (Fsp3) is 0.125. The van der Waals surface area contributed by atoms with Gasteiger partial charge in [0.2, 0.25) is 5.76 Å². The zero-order valence-electron chi connectivity index (χ0n) is 12.7. The van der Waals surface area contributed by atoms with Crippen molar-refractivity contribution in [3.63, 3.8) is 0 Å². The Kier molecular flexibility index (Phi) is 5.47. The number of carboxylic acid groups (broad SMARTS) is 1. The molecule has 9 heteroatoms. The van der Waals surface area contributed by atoms with E-state index in [-0.39, 0.29) is 12.4 Å². The monoisotopic (exact) mass is 398 g/mol. The van der Waals surface area contributed by atoms with Crippen LogP contribution in [0.1, 0.15) is 21.2 Å². The van der Waals surface area contributed by atoms with Gasteiger partial charge in [-0.15, -0.1) is 11.3 Å². The van der Waals surface area contributed by atoms with Gasteiger partial charge < -0.3 is 19.6 Å². The third-order valence-corrected chi connectivity index (χ3v) is 4.58. The number of nitrogens with one attached hydrogen (secondary N) is 1. The van der Waals surface area contributed by atoms with Gasteiger partial charge in [-0.3, -0.25) is 0 Å². The maximum Gasteiger partial charge on any atom is 0.371 e. The summed E-state index contributed by atoms with van der Waals surface area (Å²) in [5.74, 6) is -0.381. The van der Waals surface area contributed by atoms with E-state index >= 15 is 0 Å². The van der Waals surface area contributed by atoms with E-state index in [1.165, 1.54) is 17.4 Å². The molecule has 2 heterocycles. The number of ether oxygens (including phenoxy) is 1. The van der Waals surface area contributed by atoms with Gasteiger partial charge in [0, 0.05) is 16.8 Å². The molecule has 3 aromatic rings. The molecule has 2 N–H and O–H groups in total. The van der Waals surface area contributed by atoms with Gasteiger partial charge in [0.1, 0.15) is 18.1 Å². The lowest BCUT2D eigenvalue weighted by Crippen LogP contribution is -1.99. The van der Waals surface area contributed by atoms with Gasteiger partial charge >= 0.3 is 5.97 Å². The lowest BCUT2D eigenvalue weighted by atomic mass is 10.3. The van der Waals surface area contributed by atoms with E-state index in [1.54, 1.807) is 24.4 Å². The number of rotatable bonds is 7. The summed E-state index contributed by atoms with van der Waals surface area (Å²) in [7, 11) is 0. The number of aromatic carboxylic acids is 1. The van der Waals surface area contributed by atoms with Crippen LogP contribution in [0.2, 0.25) is 9.49 Å². The lowest BCUT2D eigenvalue weighted by Gasteiger charge is -2.09. The lowest BCUT2D eigenvalue weighted by molar-refractivity contribution is 0.0658. The van der Waals surface area contributed by atoms with Crippen LogP contribution in [0.3, 0.4) is 0 Å². The van der Waals surface area contributed by atoms with E-state index in [1.807, 2.05) is 6.07 Å². The van der Waals surface area contributed by atoms with Crippen LogP contribution >= 0.6 is 34.5 Å². The van der Waals surface area contributed by atoms with Crippen molar-refractivity contribution in [1.29, 1.82) is 0 Å². The third kappa shape index (κ3) is 4.66. The molecule has 0 fully saturated rings. The van der Waals surface area contributed by atoms with Gasteiger partial charge in [0.15, 0.2) is 4.47 Å². The minimum Gasteiger partial charge on any atom is -0.484 e. The maximum absolute atomic E-state index is 10.8. The van der Waals surface area contributed by atoms with E-state index in [0.29, 0.717) is 27.5 Å². The van der Waals surface area contributed by atoms with Crippen molar-refractivity contribution in [3.8, 4) is 5.75 Å². The molecule has 0 aliphatic rings. The van der Waals surface area contributed by atoms with E-state index in [2.05, 4.69) is 10.3 Å². The van der Waals surface area contributed by atoms with E-state index in [4.69, 9.17) is 37.5 Å². The zero-order chi connectivity index (χ0) is 17.8. The molecule has 1 aromatic carbocycles. The number of carbonyl (C=O) groups is 1. The number of benzene rings is 1. The maximum atomic E-state index is 10.8. The van der Waals surface area contributed by atoms with Crippen LogP contribution in [0.5, 0.6) is 5.75 Å². The van der Waals surface area contributed by atoms with Gasteiger partial charge in [-0.25, -0.2) is 9.78 Å². The Morgan fingerprint density at radius 2 is 2.16 bits per heavy atom. The SMILES string of the molecule is O=C(O)c1ccc(COc2ccc(NCc3cnc(Cl)s3)cc2Cl)o1. The second-order valence-electron chi connectivity index (χ2n) is 4.94. The molecule has 0 amide bonds. The van der Waals surface area contributed by atoms with E-state index in [0.717, 1.165) is 10.6 Å². The van der Waals surface area contributed by atoms with Crippen LogP contribution in [-0.4, -0.2) is 16.1 Å². The summed E-state index contributed by atoms with van der Waals surface area (Å²) in [6.45, 7) is 0.671. The predicted molar refractivity (Wildman–Crippen MR) is 95.9 cm³/mol. The molecule has 0 saturated heterocycles. The van der Waals surface area contributed by atoms with Crippen molar-refractivity contribution >= 4 is 46.2 Å². The number of carboxylic acids is 1. The molecule has 0 aliphatic carbocycles. The Labute approximate surface area is 157 Å². The first-order valence-corrected chi connectivity index (χ1v) is 8.67. The molecule has 0 bridgehead atoms. The molecular formula is C16H12Cl2N2O4S. The Balaban J connectivity index is 1.58. The number of furan rings is 1. The van der Waals surface area contributed by atoms with Crippen molar-refractivity contribution in [2.45, 2.75) is 13.2 Å². The summed E-state index contributed by atoms with van der Waals surface area (Å²) in [4.78, 5) is 15.8. The highest BCUT2D eigenvalue weighted by atomic mass is 35.5. The fourth-order valence-electron chi connectivity index (χ4n) is 2.00.